The maximum absolute atomic E-state index is 5.44. The van der Waals surface area contributed by atoms with E-state index in [1.54, 1.807) is 6.92 Å². The fourth-order valence-electron chi connectivity index (χ4n) is 0.221. The van der Waals surface area contributed by atoms with Crippen LogP contribution in [0.25, 0.3) is 0 Å². The summed E-state index contributed by atoms with van der Waals surface area (Å²) in [6, 6.07) is 0. The third kappa shape index (κ3) is 7.73. The van der Waals surface area contributed by atoms with E-state index < -0.39 is 0 Å². The molecule has 0 N–H and O–H groups in total. The first-order valence-corrected chi connectivity index (χ1v) is 3.08. The van der Waals surface area contributed by atoms with Gasteiger partial charge in [-0.1, -0.05) is 29.8 Å². The van der Waals surface area contributed by atoms with E-state index in [0.717, 1.165) is 0 Å². The van der Waals surface area contributed by atoms with Gasteiger partial charge in [-0.3, -0.25) is 4.99 Å². The molecule has 9 heavy (non-hydrogen) atoms. The highest BCUT2D eigenvalue weighted by Crippen LogP contribution is 1.98. The van der Waals surface area contributed by atoms with Gasteiger partial charge in [0.05, 0.1) is 5.03 Å². The Morgan fingerprint density at radius 2 is 2.11 bits per heavy atom. The molecular formula is C6H7Cl2N. The Hall–Kier alpha value is -0.270. The minimum Gasteiger partial charge on any atom is -0.262 e. The van der Waals surface area contributed by atoms with E-state index in [-0.39, 0.29) is 0 Å². The van der Waals surface area contributed by atoms with Gasteiger partial charge in [-0.2, -0.15) is 0 Å². The first-order chi connectivity index (χ1) is 4.13. The van der Waals surface area contributed by atoms with E-state index >= 15 is 0 Å². The lowest BCUT2D eigenvalue weighted by Gasteiger charge is -1.79. The molecule has 0 aromatic heterocycles. The van der Waals surface area contributed by atoms with Gasteiger partial charge in [0.1, 0.15) is 0 Å². The summed E-state index contributed by atoms with van der Waals surface area (Å²) in [5, 5.41) is 1.01. The smallest absolute Gasteiger partial charge is 0.0517 e. The van der Waals surface area contributed by atoms with Crippen molar-refractivity contribution < 1.29 is 0 Å². The zero-order valence-electron chi connectivity index (χ0n) is 5.06. The molecule has 0 saturated carbocycles. The van der Waals surface area contributed by atoms with Crippen LogP contribution in [-0.4, -0.2) is 6.21 Å². The monoisotopic (exact) mass is 163 g/mol. The van der Waals surface area contributed by atoms with Gasteiger partial charge in [0.2, 0.25) is 0 Å². The molecule has 0 atom stereocenters. The fourth-order valence-corrected chi connectivity index (χ4v) is 0.334. The van der Waals surface area contributed by atoms with Gasteiger partial charge >= 0.3 is 0 Å². The van der Waals surface area contributed by atoms with Crippen molar-refractivity contribution in [1.82, 2.24) is 0 Å². The topological polar surface area (TPSA) is 12.4 Å². The number of halogens is 2. The van der Waals surface area contributed by atoms with E-state index in [1.807, 2.05) is 0 Å². The molecule has 0 aromatic carbocycles. The van der Waals surface area contributed by atoms with Crippen LogP contribution in [0.4, 0.5) is 0 Å². The third-order valence-electron chi connectivity index (χ3n) is 0.467. The minimum absolute atomic E-state index is 0.393. The maximum Gasteiger partial charge on any atom is 0.0517 e. The lowest BCUT2D eigenvalue weighted by atomic mass is 10.6. The molecule has 0 amide bonds. The van der Waals surface area contributed by atoms with Crippen molar-refractivity contribution in [2.24, 2.45) is 4.99 Å². The maximum atomic E-state index is 5.44. The summed E-state index contributed by atoms with van der Waals surface area (Å²) in [7, 11) is 0. The van der Waals surface area contributed by atoms with Gasteiger partial charge in [-0.15, -0.1) is 0 Å². The highest BCUT2D eigenvalue weighted by molar-refractivity contribution is 6.38. The van der Waals surface area contributed by atoms with E-state index in [0.29, 0.717) is 10.1 Å². The van der Waals surface area contributed by atoms with Crippen molar-refractivity contribution >= 4 is 29.4 Å². The summed E-state index contributed by atoms with van der Waals surface area (Å²) >= 11 is 10.8. The van der Waals surface area contributed by atoms with Gasteiger partial charge in [-0.25, -0.2) is 0 Å². The molecule has 0 aliphatic rings. The molecule has 0 fully saturated rings. The molecule has 0 aliphatic carbocycles. The normalized spacial score (nSPS) is 12.6. The summed E-state index contributed by atoms with van der Waals surface area (Å²) in [6.07, 6.45) is 2.92. The van der Waals surface area contributed by atoms with Crippen LogP contribution in [0.3, 0.4) is 0 Å². The average molecular weight is 164 g/mol. The summed E-state index contributed by atoms with van der Waals surface area (Å²) in [5.41, 5.74) is 0. The zero-order valence-corrected chi connectivity index (χ0v) is 6.58. The molecule has 0 unspecified atom stereocenters. The molecule has 50 valence electrons. The molecule has 0 heterocycles. The number of aliphatic imine (C=N–C) groups is 1. The molecule has 0 aliphatic heterocycles. The lowest BCUT2D eigenvalue weighted by molar-refractivity contribution is 1.51. The van der Waals surface area contributed by atoms with Crippen molar-refractivity contribution in [2.75, 3.05) is 0 Å². The largest absolute Gasteiger partial charge is 0.262 e. The Morgan fingerprint density at radius 1 is 1.56 bits per heavy atom. The third-order valence-corrected chi connectivity index (χ3v) is 0.662. The lowest BCUT2D eigenvalue weighted by Crippen LogP contribution is -1.66. The summed E-state index contributed by atoms with van der Waals surface area (Å²) in [4.78, 5) is 3.72. The first-order valence-electron chi connectivity index (χ1n) is 2.33. The molecular weight excluding hydrogens is 157 g/mol. The van der Waals surface area contributed by atoms with E-state index in [9.17, 15) is 0 Å². The Bertz CT molecular complexity index is 154. The standard InChI is InChI=1S/C6H7Cl2N/c1-5(7)3-9-4-6(2)8/h3-4H,1H2,2H3/b6-4+,9-3?. The van der Waals surface area contributed by atoms with Crippen molar-refractivity contribution in [3.8, 4) is 0 Å². The molecule has 3 heteroatoms. The summed E-state index contributed by atoms with van der Waals surface area (Å²) < 4.78 is 0. The second kappa shape index (κ2) is 4.59. The Kier molecular flexibility index (Phi) is 4.46. The zero-order chi connectivity index (χ0) is 7.28. The van der Waals surface area contributed by atoms with Crippen LogP contribution in [0.2, 0.25) is 0 Å². The SMILES string of the molecule is C=C(Cl)C=N/C=C(\C)Cl. The first kappa shape index (κ1) is 8.73. The van der Waals surface area contributed by atoms with Crippen LogP contribution in [0.1, 0.15) is 6.92 Å². The van der Waals surface area contributed by atoms with Gasteiger partial charge in [0, 0.05) is 17.4 Å². The second-order valence-corrected chi connectivity index (χ2v) is 2.52. The molecule has 0 rings (SSSR count). The highest BCUT2D eigenvalue weighted by Gasteiger charge is 1.75. The van der Waals surface area contributed by atoms with Gasteiger partial charge < -0.3 is 0 Å². The number of hydrogen-bond donors (Lipinski definition) is 0. The molecule has 0 bridgehead atoms. The van der Waals surface area contributed by atoms with Gasteiger partial charge in [-0.05, 0) is 6.92 Å². The predicted molar refractivity (Wildman–Crippen MR) is 43.1 cm³/mol. The minimum atomic E-state index is 0.393. The molecule has 0 aromatic rings. The second-order valence-electron chi connectivity index (χ2n) is 1.44. The van der Waals surface area contributed by atoms with Crippen LogP contribution < -0.4 is 0 Å². The van der Waals surface area contributed by atoms with Crippen molar-refractivity contribution in [2.45, 2.75) is 6.92 Å². The predicted octanol–water partition coefficient (Wildman–Crippen LogP) is 2.91. The molecule has 0 radical (unpaired) electrons. The van der Waals surface area contributed by atoms with Crippen LogP contribution in [-0.2, 0) is 0 Å². The number of allylic oxidation sites excluding steroid dienone is 2. The van der Waals surface area contributed by atoms with Crippen molar-refractivity contribution in [3.05, 3.63) is 22.8 Å². The van der Waals surface area contributed by atoms with Crippen molar-refractivity contribution in [1.29, 1.82) is 0 Å². The fraction of sp³-hybridized carbons (Fsp3) is 0.167. The van der Waals surface area contributed by atoms with E-state index in [4.69, 9.17) is 23.2 Å². The summed E-state index contributed by atoms with van der Waals surface area (Å²) in [6.45, 7) is 5.13. The Balaban J connectivity index is 3.74. The van der Waals surface area contributed by atoms with E-state index in [2.05, 4.69) is 11.6 Å². The molecule has 0 spiro atoms. The van der Waals surface area contributed by atoms with Gasteiger partial charge in [0.15, 0.2) is 0 Å². The quantitative estimate of drug-likeness (QED) is 0.556. The van der Waals surface area contributed by atoms with Crippen LogP contribution >= 0.6 is 23.2 Å². The van der Waals surface area contributed by atoms with Crippen LogP contribution in [0.15, 0.2) is 27.8 Å². The van der Waals surface area contributed by atoms with Crippen LogP contribution in [0, 0.1) is 0 Å². The average Bonchev–Trinajstić information content (AvgIpc) is 1.63. The number of nitrogens with zero attached hydrogens (tertiary/aromatic N) is 1. The Morgan fingerprint density at radius 3 is 2.44 bits per heavy atom. The molecule has 1 nitrogen and oxygen atoms in total. The van der Waals surface area contributed by atoms with Crippen LogP contribution in [0.5, 0.6) is 0 Å². The molecule has 0 saturated heterocycles. The van der Waals surface area contributed by atoms with Gasteiger partial charge in [0.25, 0.3) is 0 Å². The van der Waals surface area contributed by atoms with E-state index in [1.165, 1.54) is 12.4 Å². The Labute approximate surface area is 64.7 Å². The number of rotatable bonds is 2. The van der Waals surface area contributed by atoms with Crippen molar-refractivity contribution in [3.63, 3.8) is 0 Å². The number of hydrogen-bond acceptors (Lipinski definition) is 1. The summed E-state index contributed by atoms with van der Waals surface area (Å²) in [5.74, 6) is 0. The highest BCUT2D eigenvalue weighted by atomic mass is 35.5.